The van der Waals surface area contributed by atoms with Crippen LogP contribution in [-0.2, 0) is 0 Å². The van der Waals surface area contributed by atoms with Crippen LogP contribution in [0.1, 0.15) is 28.4 Å². The lowest BCUT2D eigenvalue weighted by molar-refractivity contribution is 0.0954. The zero-order chi connectivity index (χ0) is 15.4. The molecule has 1 amide bonds. The number of nitrogens with zero attached hydrogens (tertiary/aromatic N) is 1. The lowest BCUT2D eigenvalue weighted by Crippen LogP contribution is -2.19. The summed E-state index contributed by atoms with van der Waals surface area (Å²) in [7, 11) is 0. The second kappa shape index (κ2) is 6.09. The van der Waals surface area contributed by atoms with Crippen LogP contribution in [0.3, 0.4) is 0 Å². The summed E-state index contributed by atoms with van der Waals surface area (Å²) in [6.07, 6.45) is 0. The van der Waals surface area contributed by atoms with Crippen molar-refractivity contribution in [1.82, 2.24) is 5.43 Å². The van der Waals surface area contributed by atoms with Crippen LogP contribution in [0.2, 0.25) is 0 Å². The molecule has 0 aromatic heterocycles. The smallest absolute Gasteiger partial charge is 0.271 e. The molecule has 5 heteroatoms. The van der Waals surface area contributed by atoms with Gasteiger partial charge >= 0.3 is 0 Å². The fraction of sp³-hybridized carbons (Fsp3) is 0.125. The summed E-state index contributed by atoms with van der Waals surface area (Å²) in [5, 5.41) is 23.1. The van der Waals surface area contributed by atoms with E-state index < -0.39 is 0 Å². The van der Waals surface area contributed by atoms with Gasteiger partial charge in [0, 0.05) is 11.1 Å². The van der Waals surface area contributed by atoms with Gasteiger partial charge in [0.1, 0.15) is 11.5 Å². The average molecular weight is 284 g/mol. The Kier molecular flexibility index (Phi) is 4.23. The monoisotopic (exact) mass is 284 g/mol. The highest BCUT2D eigenvalue weighted by molar-refractivity contribution is 6.02. The second-order valence-corrected chi connectivity index (χ2v) is 4.71. The molecule has 0 saturated carbocycles. The number of carbonyl (C=O) groups excluding carboxylic acids is 1. The van der Waals surface area contributed by atoms with E-state index in [0.717, 1.165) is 5.56 Å². The van der Waals surface area contributed by atoms with Crippen molar-refractivity contribution < 1.29 is 15.0 Å². The minimum atomic E-state index is -0.335. The number of hydrogen-bond donors (Lipinski definition) is 3. The normalized spacial score (nSPS) is 11.2. The fourth-order valence-corrected chi connectivity index (χ4v) is 1.86. The Balaban J connectivity index is 2.17. The van der Waals surface area contributed by atoms with Gasteiger partial charge in [0.2, 0.25) is 0 Å². The van der Waals surface area contributed by atoms with E-state index in [2.05, 4.69) is 10.5 Å². The second-order valence-electron chi connectivity index (χ2n) is 4.71. The zero-order valence-corrected chi connectivity index (χ0v) is 11.8. The van der Waals surface area contributed by atoms with Gasteiger partial charge in [0.05, 0.1) is 5.71 Å². The molecular weight excluding hydrogens is 268 g/mol. The summed E-state index contributed by atoms with van der Waals surface area (Å²) < 4.78 is 0. The number of carbonyl (C=O) groups is 1. The topological polar surface area (TPSA) is 81.9 Å². The highest BCUT2D eigenvalue weighted by atomic mass is 16.3. The molecule has 0 atom stereocenters. The van der Waals surface area contributed by atoms with Gasteiger partial charge < -0.3 is 10.2 Å². The number of phenolic OH excluding ortho intramolecular Hbond substituents is 2. The first-order valence-electron chi connectivity index (χ1n) is 6.41. The Hall–Kier alpha value is -2.82. The lowest BCUT2D eigenvalue weighted by Gasteiger charge is -2.06. The molecule has 5 nitrogen and oxygen atoms in total. The van der Waals surface area contributed by atoms with Crippen molar-refractivity contribution >= 4 is 11.6 Å². The van der Waals surface area contributed by atoms with Crippen molar-refractivity contribution in [3.63, 3.8) is 0 Å². The third kappa shape index (κ3) is 3.60. The largest absolute Gasteiger partial charge is 0.508 e. The van der Waals surface area contributed by atoms with Crippen molar-refractivity contribution in [2.75, 3.05) is 0 Å². The molecule has 0 aliphatic rings. The van der Waals surface area contributed by atoms with E-state index in [4.69, 9.17) is 0 Å². The standard InChI is InChI=1S/C16H16N2O3/c1-10-4-3-5-12(8-10)16(21)18-17-11(2)14-9-13(19)6-7-15(14)20/h3-9,19-20H,1-2H3,(H,18,21)/b17-11-. The molecule has 2 aromatic rings. The number of hydrazone groups is 1. The van der Waals surface area contributed by atoms with Crippen LogP contribution < -0.4 is 5.43 Å². The summed E-state index contributed by atoms with van der Waals surface area (Å²) in [4.78, 5) is 12.0. The molecular formula is C16H16N2O3. The molecule has 2 rings (SSSR count). The number of aromatic hydroxyl groups is 2. The number of nitrogens with one attached hydrogen (secondary N) is 1. The SMILES string of the molecule is C/C(=N/NC(=O)c1cccc(C)c1)c1cc(O)ccc1O. The number of phenols is 2. The Bertz CT molecular complexity index is 708. The van der Waals surface area contributed by atoms with E-state index in [-0.39, 0.29) is 17.4 Å². The Morgan fingerprint density at radius 3 is 2.62 bits per heavy atom. The molecule has 0 spiro atoms. The third-order valence-electron chi connectivity index (χ3n) is 2.98. The Labute approximate surface area is 122 Å². The molecule has 0 fully saturated rings. The van der Waals surface area contributed by atoms with Crippen molar-refractivity contribution in [1.29, 1.82) is 0 Å². The predicted octanol–water partition coefficient (Wildman–Crippen LogP) is 2.56. The zero-order valence-electron chi connectivity index (χ0n) is 11.8. The summed E-state index contributed by atoms with van der Waals surface area (Å²) in [5.74, 6) is -0.334. The van der Waals surface area contributed by atoms with Gasteiger partial charge in [-0.1, -0.05) is 17.7 Å². The molecule has 0 radical (unpaired) electrons. The molecule has 0 unspecified atom stereocenters. The Morgan fingerprint density at radius 2 is 1.90 bits per heavy atom. The van der Waals surface area contributed by atoms with Crippen molar-refractivity contribution in [3.05, 3.63) is 59.2 Å². The number of hydrogen-bond acceptors (Lipinski definition) is 4. The van der Waals surface area contributed by atoms with Gasteiger partial charge in [-0.05, 0) is 44.2 Å². The van der Waals surface area contributed by atoms with Gasteiger partial charge in [0.15, 0.2) is 0 Å². The van der Waals surface area contributed by atoms with Crippen LogP contribution in [-0.4, -0.2) is 21.8 Å². The summed E-state index contributed by atoms with van der Waals surface area (Å²) in [5.41, 5.74) is 4.67. The fourth-order valence-electron chi connectivity index (χ4n) is 1.86. The van der Waals surface area contributed by atoms with Crippen LogP contribution in [0, 0.1) is 6.92 Å². The average Bonchev–Trinajstić information content (AvgIpc) is 2.47. The minimum absolute atomic E-state index is 0.0149. The van der Waals surface area contributed by atoms with E-state index in [9.17, 15) is 15.0 Å². The third-order valence-corrected chi connectivity index (χ3v) is 2.98. The first-order chi connectivity index (χ1) is 9.97. The number of benzene rings is 2. The number of aryl methyl sites for hydroxylation is 1. The van der Waals surface area contributed by atoms with E-state index in [1.807, 2.05) is 13.0 Å². The van der Waals surface area contributed by atoms with Gasteiger partial charge in [-0.2, -0.15) is 5.10 Å². The van der Waals surface area contributed by atoms with Crippen LogP contribution in [0.4, 0.5) is 0 Å². The minimum Gasteiger partial charge on any atom is -0.508 e. The molecule has 21 heavy (non-hydrogen) atoms. The van der Waals surface area contributed by atoms with Crippen LogP contribution in [0.15, 0.2) is 47.6 Å². The molecule has 108 valence electrons. The molecule has 0 bridgehead atoms. The van der Waals surface area contributed by atoms with E-state index in [0.29, 0.717) is 16.8 Å². The predicted molar refractivity (Wildman–Crippen MR) is 80.6 cm³/mol. The molecule has 0 aliphatic heterocycles. The van der Waals surface area contributed by atoms with Gasteiger partial charge in [0.25, 0.3) is 5.91 Å². The summed E-state index contributed by atoms with van der Waals surface area (Å²) in [6, 6.07) is 11.3. The van der Waals surface area contributed by atoms with E-state index in [1.165, 1.54) is 18.2 Å². The van der Waals surface area contributed by atoms with Gasteiger partial charge in [-0.25, -0.2) is 5.43 Å². The molecule has 0 saturated heterocycles. The summed E-state index contributed by atoms with van der Waals surface area (Å²) in [6.45, 7) is 3.53. The first kappa shape index (κ1) is 14.6. The van der Waals surface area contributed by atoms with Crippen LogP contribution in [0.5, 0.6) is 11.5 Å². The lowest BCUT2D eigenvalue weighted by atomic mass is 10.1. The number of rotatable bonds is 3. The maximum atomic E-state index is 12.0. The van der Waals surface area contributed by atoms with E-state index in [1.54, 1.807) is 25.1 Å². The van der Waals surface area contributed by atoms with Crippen LogP contribution in [0.25, 0.3) is 0 Å². The summed E-state index contributed by atoms with van der Waals surface area (Å²) >= 11 is 0. The highest BCUT2D eigenvalue weighted by Gasteiger charge is 2.08. The maximum Gasteiger partial charge on any atom is 0.271 e. The van der Waals surface area contributed by atoms with Crippen molar-refractivity contribution in [3.8, 4) is 11.5 Å². The molecule has 0 heterocycles. The molecule has 0 aliphatic carbocycles. The van der Waals surface area contributed by atoms with Crippen molar-refractivity contribution in [2.45, 2.75) is 13.8 Å². The maximum absolute atomic E-state index is 12.0. The molecule has 3 N–H and O–H groups in total. The Morgan fingerprint density at radius 1 is 1.14 bits per heavy atom. The van der Waals surface area contributed by atoms with E-state index >= 15 is 0 Å². The van der Waals surface area contributed by atoms with Crippen molar-refractivity contribution in [2.24, 2.45) is 5.10 Å². The van der Waals surface area contributed by atoms with Gasteiger partial charge in [-0.15, -0.1) is 0 Å². The quantitative estimate of drug-likeness (QED) is 0.460. The highest BCUT2D eigenvalue weighted by Crippen LogP contribution is 2.22. The number of amides is 1. The first-order valence-corrected chi connectivity index (χ1v) is 6.41. The van der Waals surface area contributed by atoms with Gasteiger partial charge in [-0.3, -0.25) is 4.79 Å². The molecule has 2 aromatic carbocycles. The van der Waals surface area contributed by atoms with Crippen LogP contribution >= 0.6 is 0 Å².